The van der Waals surface area contributed by atoms with E-state index >= 15 is 0 Å². The number of esters is 1. The number of ether oxygens (including phenoxy) is 3. The molecule has 1 aromatic carbocycles. The van der Waals surface area contributed by atoms with Crippen molar-refractivity contribution in [2.24, 2.45) is 16.7 Å². The van der Waals surface area contributed by atoms with Gasteiger partial charge in [0.25, 0.3) is 5.91 Å². The van der Waals surface area contributed by atoms with E-state index in [1.165, 1.54) is 16.3 Å². The molecule has 316 valence electrons. The van der Waals surface area contributed by atoms with Crippen molar-refractivity contribution in [3.05, 3.63) is 58.2 Å². The highest BCUT2D eigenvalue weighted by atomic mass is 32.1. The third kappa shape index (κ3) is 8.18. The van der Waals surface area contributed by atoms with Crippen molar-refractivity contribution in [3.8, 4) is 22.5 Å². The van der Waals surface area contributed by atoms with Crippen LogP contribution in [0.1, 0.15) is 83.2 Å². The lowest BCUT2D eigenvalue weighted by Crippen LogP contribution is -2.62. The molecule has 0 radical (unpaired) electrons. The summed E-state index contributed by atoms with van der Waals surface area (Å²) >= 11 is 1.49. The number of nitrogens with one attached hydrogen (secondary N) is 2. The highest BCUT2D eigenvalue weighted by Crippen LogP contribution is 2.42. The van der Waals surface area contributed by atoms with Crippen LogP contribution in [0.5, 0.6) is 0 Å². The molecule has 1 spiro atoms. The molecule has 6 bridgehead atoms. The molecule has 14 heteroatoms. The van der Waals surface area contributed by atoms with Crippen molar-refractivity contribution in [1.82, 2.24) is 35.2 Å². The van der Waals surface area contributed by atoms with Gasteiger partial charge in [0, 0.05) is 77.6 Å². The average Bonchev–Trinajstić information content (AvgIpc) is 3.95. The highest BCUT2D eigenvalue weighted by Gasteiger charge is 2.48. The summed E-state index contributed by atoms with van der Waals surface area (Å²) in [6.07, 6.45) is 4.55. The number of fused-ring (bicyclic) bond motifs is 6. The first kappa shape index (κ1) is 41.5. The normalized spacial score (nSPS) is 23.2. The van der Waals surface area contributed by atoms with Crippen molar-refractivity contribution in [3.63, 3.8) is 0 Å². The molecule has 4 aromatic rings. The van der Waals surface area contributed by atoms with Crippen LogP contribution < -0.4 is 10.7 Å². The monoisotopic (exact) mass is 825 g/mol. The summed E-state index contributed by atoms with van der Waals surface area (Å²) < 4.78 is 19.8. The Kier molecular flexibility index (Phi) is 11.7. The number of likely N-dealkylation sites (tertiary alicyclic amines) is 1. The minimum Gasteiger partial charge on any atom is -0.464 e. The van der Waals surface area contributed by atoms with E-state index in [-0.39, 0.29) is 42.3 Å². The number of pyridine rings is 1. The fourth-order valence-corrected chi connectivity index (χ4v) is 10.4. The number of thiazole rings is 1. The number of rotatable bonds is 8. The van der Waals surface area contributed by atoms with E-state index in [2.05, 4.69) is 79.1 Å². The van der Waals surface area contributed by atoms with Gasteiger partial charge in [0.05, 0.1) is 54.1 Å². The van der Waals surface area contributed by atoms with Crippen LogP contribution in [0.25, 0.3) is 33.4 Å². The summed E-state index contributed by atoms with van der Waals surface area (Å²) in [7, 11) is 1.70. The molecule has 3 aromatic heterocycles. The third-order valence-electron chi connectivity index (χ3n) is 12.7. The Morgan fingerprint density at radius 2 is 1.95 bits per heavy atom. The zero-order chi connectivity index (χ0) is 41.6. The van der Waals surface area contributed by atoms with E-state index in [1.807, 2.05) is 24.6 Å². The lowest BCUT2D eigenvalue weighted by molar-refractivity contribution is -0.155. The lowest BCUT2D eigenvalue weighted by atomic mass is 9.84. The SMILES string of the molecule is CCn1c(-c2cccnc2[C@H](C)OC)c2c3cc(ccc31)-c1csc(n1)C[C@H](NC(=O)[C@H](C(C)C)N1CCC3(COC3)C1)C(=O)N1CCC[C@H](N1)C(=O)OCC(C)(C)C2. The van der Waals surface area contributed by atoms with Gasteiger partial charge < -0.3 is 24.1 Å². The van der Waals surface area contributed by atoms with E-state index < -0.39 is 29.5 Å². The Morgan fingerprint density at radius 1 is 1.14 bits per heavy atom. The zero-order valence-corrected chi connectivity index (χ0v) is 36.3. The molecule has 0 aliphatic carbocycles. The van der Waals surface area contributed by atoms with Crippen LogP contribution in [0.15, 0.2) is 41.9 Å². The summed E-state index contributed by atoms with van der Waals surface area (Å²) in [5.74, 6) is -0.833. The summed E-state index contributed by atoms with van der Waals surface area (Å²) in [4.78, 5) is 54.9. The molecule has 2 amide bonds. The van der Waals surface area contributed by atoms with Crippen LogP contribution in [0.2, 0.25) is 0 Å². The predicted octanol–water partition coefficient (Wildman–Crippen LogP) is 5.95. The van der Waals surface area contributed by atoms with Crippen molar-refractivity contribution >= 4 is 40.0 Å². The largest absolute Gasteiger partial charge is 0.464 e. The van der Waals surface area contributed by atoms with Gasteiger partial charge in [0.15, 0.2) is 0 Å². The van der Waals surface area contributed by atoms with Gasteiger partial charge in [-0.2, -0.15) is 0 Å². The van der Waals surface area contributed by atoms with Crippen LogP contribution in [0.3, 0.4) is 0 Å². The van der Waals surface area contributed by atoms with Gasteiger partial charge in [-0.15, -0.1) is 11.3 Å². The Labute approximate surface area is 351 Å². The van der Waals surface area contributed by atoms with Crippen molar-refractivity contribution in [1.29, 1.82) is 0 Å². The number of cyclic esters (lactones) is 1. The highest BCUT2D eigenvalue weighted by molar-refractivity contribution is 7.10. The smallest absolute Gasteiger partial charge is 0.324 e. The first-order valence-electron chi connectivity index (χ1n) is 21.2. The summed E-state index contributed by atoms with van der Waals surface area (Å²) in [5, 5.41) is 8.57. The van der Waals surface area contributed by atoms with E-state index in [1.54, 1.807) is 7.11 Å². The molecule has 4 aliphatic heterocycles. The summed E-state index contributed by atoms with van der Waals surface area (Å²) in [5.41, 5.74) is 9.80. The number of amides is 2. The van der Waals surface area contributed by atoms with E-state index in [0.717, 1.165) is 89.0 Å². The Morgan fingerprint density at radius 3 is 2.66 bits per heavy atom. The van der Waals surface area contributed by atoms with Crippen LogP contribution in [0.4, 0.5) is 0 Å². The van der Waals surface area contributed by atoms with Gasteiger partial charge in [0.2, 0.25) is 5.91 Å². The van der Waals surface area contributed by atoms with E-state index in [9.17, 15) is 14.4 Å². The van der Waals surface area contributed by atoms with Gasteiger partial charge in [-0.3, -0.25) is 29.3 Å². The minimum absolute atomic E-state index is 0.0273. The molecule has 3 fully saturated rings. The molecule has 0 unspecified atom stereocenters. The first-order valence-corrected chi connectivity index (χ1v) is 22.1. The number of hydrogen-bond donors (Lipinski definition) is 2. The van der Waals surface area contributed by atoms with Gasteiger partial charge in [0.1, 0.15) is 12.1 Å². The Bertz CT molecular complexity index is 2210. The second-order valence-corrected chi connectivity index (χ2v) is 19.1. The van der Waals surface area contributed by atoms with Crippen LogP contribution in [-0.4, -0.2) is 107 Å². The number of aryl methyl sites for hydroxylation is 1. The zero-order valence-electron chi connectivity index (χ0n) is 35.5. The summed E-state index contributed by atoms with van der Waals surface area (Å²) in [6, 6.07) is 8.58. The lowest BCUT2D eigenvalue weighted by Gasteiger charge is -2.39. The molecule has 0 saturated carbocycles. The Hall–Kier alpha value is -4.21. The quantitative estimate of drug-likeness (QED) is 0.205. The maximum absolute atomic E-state index is 14.5. The van der Waals surface area contributed by atoms with Crippen molar-refractivity contribution in [2.75, 3.05) is 46.6 Å². The van der Waals surface area contributed by atoms with Gasteiger partial charge in [-0.05, 0) is 81.8 Å². The fourth-order valence-electron chi connectivity index (χ4n) is 9.54. The molecular weight excluding hydrogens is 767 g/mol. The molecular formula is C45H59N7O6S. The number of nitrogens with zero attached hydrogens (tertiary/aromatic N) is 5. The van der Waals surface area contributed by atoms with Crippen LogP contribution in [0, 0.1) is 16.7 Å². The number of carbonyl (C=O) groups is 3. The van der Waals surface area contributed by atoms with Gasteiger partial charge in [-0.1, -0.05) is 33.8 Å². The van der Waals surface area contributed by atoms with Crippen molar-refractivity contribution in [2.45, 2.75) is 104 Å². The third-order valence-corrected chi connectivity index (χ3v) is 13.6. The number of aromatic nitrogens is 3. The average molecular weight is 826 g/mol. The number of carbonyl (C=O) groups excluding carboxylic acids is 3. The molecule has 7 heterocycles. The van der Waals surface area contributed by atoms with Crippen LogP contribution in [-0.2, 0) is 48.0 Å². The maximum Gasteiger partial charge on any atom is 0.324 e. The summed E-state index contributed by atoms with van der Waals surface area (Å²) in [6.45, 7) is 16.9. The second kappa shape index (κ2) is 16.7. The molecule has 13 nitrogen and oxygen atoms in total. The second-order valence-electron chi connectivity index (χ2n) is 18.2. The topological polar surface area (TPSA) is 140 Å². The number of methoxy groups -OCH3 is 1. The minimum atomic E-state index is -0.898. The Balaban J connectivity index is 1.19. The molecule has 4 atom stereocenters. The molecule has 4 aliphatic rings. The molecule has 2 N–H and O–H groups in total. The van der Waals surface area contributed by atoms with E-state index in [4.69, 9.17) is 24.2 Å². The molecule has 3 saturated heterocycles. The maximum atomic E-state index is 14.5. The first-order chi connectivity index (χ1) is 28.3. The molecule has 59 heavy (non-hydrogen) atoms. The number of hydrogen-bond acceptors (Lipinski definition) is 11. The fraction of sp³-hybridized carbons (Fsp3) is 0.578. The van der Waals surface area contributed by atoms with Gasteiger partial charge in [-0.25, -0.2) is 10.4 Å². The molecule has 8 rings (SSSR count). The van der Waals surface area contributed by atoms with E-state index in [0.29, 0.717) is 25.8 Å². The standard InChI is InChI=1S/C45H59N7O6S/c1-8-51-36-14-13-29-19-31(36)32(40(51)30-11-9-16-46-38(30)28(4)56-7)21-44(5,6)24-58-43(55)33-12-10-17-52(49-33)42(54)34(20-37-47-35(29)22-59-37)48-41(53)39(27(2)3)50-18-15-45(23-50)25-57-26-45/h9,11,13-14,16,19,22,27-28,33-34,39,49H,8,10,12,15,17-18,20-21,23-26H2,1-7H3,(H,48,53)/t28-,33-,34-,39-/m0/s1. The van der Waals surface area contributed by atoms with Gasteiger partial charge >= 0.3 is 5.97 Å². The van der Waals surface area contributed by atoms with Crippen molar-refractivity contribution < 1.29 is 28.6 Å². The predicted molar refractivity (Wildman–Crippen MR) is 227 cm³/mol. The number of benzene rings is 1. The van der Waals surface area contributed by atoms with Crippen LogP contribution >= 0.6 is 11.3 Å². The number of hydrazine groups is 1.